The van der Waals surface area contributed by atoms with E-state index in [1.807, 2.05) is 35.0 Å². The molecule has 1 N–H and O–H groups in total. The molecule has 0 spiro atoms. The van der Waals surface area contributed by atoms with Gasteiger partial charge >= 0.3 is 0 Å². The van der Waals surface area contributed by atoms with Crippen molar-refractivity contribution in [1.82, 2.24) is 14.9 Å². The van der Waals surface area contributed by atoms with Crippen LogP contribution >= 0.6 is 11.8 Å². The summed E-state index contributed by atoms with van der Waals surface area (Å²) in [6, 6.07) is 16.3. The second kappa shape index (κ2) is 5.40. The molecule has 8 heteroatoms. The van der Waals surface area contributed by atoms with Crippen LogP contribution in [0, 0.1) is 10.1 Å². The van der Waals surface area contributed by atoms with Gasteiger partial charge in [-0.1, -0.05) is 42.1 Å². The second-order valence-corrected chi connectivity index (χ2v) is 6.06. The van der Waals surface area contributed by atoms with Crippen molar-refractivity contribution >= 4 is 17.4 Å². The third-order valence-corrected chi connectivity index (χ3v) is 4.63. The van der Waals surface area contributed by atoms with Gasteiger partial charge in [0.25, 0.3) is 5.69 Å². The number of benzene rings is 2. The van der Waals surface area contributed by atoms with Crippen LogP contribution in [0.15, 0.2) is 59.8 Å². The van der Waals surface area contributed by atoms with Crippen LogP contribution in [0.1, 0.15) is 10.9 Å². The number of thioether (sulfide) groups is 1. The Kier molecular flexibility index (Phi) is 3.23. The average Bonchev–Trinajstić information content (AvgIpc) is 3.16. The maximum absolute atomic E-state index is 10.7. The average molecular weight is 325 g/mol. The number of nitro benzene ring substituents is 1. The zero-order valence-electron chi connectivity index (χ0n) is 11.8. The van der Waals surface area contributed by atoms with Crippen LogP contribution < -0.4 is 5.43 Å². The number of non-ortho nitro benzene ring substituents is 1. The van der Waals surface area contributed by atoms with Crippen molar-refractivity contribution in [2.45, 2.75) is 10.5 Å². The molecule has 4 rings (SSSR count). The van der Waals surface area contributed by atoms with Gasteiger partial charge in [0, 0.05) is 17.7 Å². The van der Waals surface area contributed by atoms with E-state index in [0.717, 1.165) is 22.1 Å². The predicted molar refractivity (Wildman–Crippen MR) is 86.5 cm³/mol. The molecule has 0 bridgehead atoms. The zero-order chi connectivity index (χ0) is 15.8. The van der Waals surface area contributed by atoms with E-state index in [1.54, 1.807) is 12.1 Å². The maximum atomic E-state index is 10.7. The number of hydrogen-bond acceptors (Lipinski definition) is 6. The number of hydrogen-bond donors (Lipinski definition) is 1. The van der Waals surface area contributed by atoms with E-state index >= 15 is 0 Å². The topological polar surface area (TPSA) is 85.9 Å². The highest BCUT2D eigenvalue weighted by atomic mass is 32.2. The number of nitro groups is 1. The van der Waals surface area contributed by atoms with Crippen molar-refractivity contribution in [3.8, 4) is 11.4 Å². The maximum Gasteiger partial charge on any atom is 0.269 e. The molecule has 0 saturated carbocycles. The van der Waals surface area contributed by atoms with Crippen molar-refractivity contribution in [3.63, 3.8) is 0 Å². The van der Waals surface area contributed by atoms with E-state index in [0.29, 0.717) is 0 Å². The summed E-state index contributed by atoms with van der Waals surface area (Å²) < 4.78 is 1.85. The lowest BCUT2D eigenvalue weighted by Crippen LogP contribution is -2.13. The van der Waals surface area contributed by atoms with Crippen LogP contribution in [-0.4, -0.2) is 19.8 Å². The molecule has 2 aromatic carbocycles. The Morgan fingerprint density at radius 1 is 1.09 bits per heavy atom. The standard InChI is InChI=1S/C15H11N5O2S/c21-20(22)12-8-6-11(7-9-12)14-18-19-13(16-17-15(19)23-14)10-4-2-1-3-5-10/h1-9,14,18H/t14-/m1/s1. The summed E-state index contributed by atoms with van der Waals surface area (Å²) in [4.78, 5) is 10.3. The van der Waals surface area contributed by atoms with Gasteiger partial charge in [-0.3, -0.25) is 10.1 Å². The molecule has 23 heavy (non-hydrogen) atoms. The SMILES string of the molecule is O=[N+]([O-])c1ccc([C@@H]2Nn3c(nnc3-c3ccccc3)S2)cc1. The fourth-order valence-electron chi connectivity index (χ4n) is 2.40. The minimum Gasteiger partial charge on any atom is -0.304 e. The van der Waals surface area contributed by atoms with Gasteiger partial charge in [-0.2, -0.15) is 0 Å². The highest BCUT2D eigenvalue weighted by molar-refractivity contribution is 7.99. The Bertz CT molecular complexity index is 863. The van der Waals surface area contributed by atoms with E-state index < -0.39 is 4.92 Å². The minimum atomic E-state index is -0.401. The molecule has 2 heterocycles. The highest BCUT2D eigenvalue weighted by Gasteiger charge is 2.28. The lowest BCUT2D eigenvalue weighted by atomic mass is 10.2. The summed E-state index contributed by atoms with van der Waals surface area (Å²) >= 11 is 1.53. The molecule has 0 fully saturated rings. The van der Waals surface area contributed by atoms with Crippen molar-refractivity contribution in [2.75, 3.05) is 5.43 Å². The van der Waals surface area contributed by atoms with Crippen LogP contribution in [0.4, 0.5) is 5.69 Å². The first kappa shape index (κ1) is 13.8. The molecule has 0 radical (unpaired) electrons. The normalized spacial score (nSPS) is 15.9. The van der Waals surface area contributed by atoms with Gasteiger partial charge in [0.15, 0.2) is 5.82 Å². The van der Waals surface area contributed by atoms with Gasteiger partial charge in [-0.05, 0) is 17.7 Å². The van der Waals surface area contributed by atoms with Gasteiger partial charge in [0.05, 0.1) is 4.92 Å². The fourth-order valence-corrected chi connectivity index (χ4v) is 3.39. The molecular formula is C15H11N5O2S. The van der Waals surface area contributed by atoms with E-state index in [9.17, 15) is 10.1 Å². The van der Waals surface area contributed by atoms with Crippen molar-refractivity contribution < 1.29 is 4.92 Å². The number of fused-ring (bicyclic) bond motifs is 1. The van der Waals surface area contributed by atoms with E-state index in [-0.39, 0.29) is 11.1 Å². The predicted octanol–water partition coefficient (Wildman–Crippen LogP) is 3.20. The number of nitrogens with zero attached hydrogens (tertiary/aromatic N) is 4. The molecule has 0 amide bonds. The summed E-state index contributed by atoms with van der Waals surface area (Å²) in [6.07, 6.45) is 0. The van der Waals surface area contributed by atoms with E-state index in [4.69, 9.17) is 0 Å². The lowest BCUT2D eigenvalue weighted by Gasteiger charge is -2.12. The number of nitrogens with one attached hydrogen (secondary N) is 1. The molecule has 1 aliphatic rings. The quantitative estimate of drug-likeness (QED) is 0.588. The van der Waals surface area contributed by atoms with Gasteiger partial charge < -0.3 is 5.43 Å². The van der Waals surface area contributed by atoms with Crippen LogP contribution in [0.5, 0.6) is 0 Å². The van der Waals surface area contributed by atoms with E-state index in [1.165, 1.54) is 23.9 Å². The molecule has 1 aromatic heterocycles. The molecule has 3 aromatic rings. The Labute approximate surface area is 135 Å². The minimum absolute atomic E-state index is 0.0521. The molecular weight excluding hydrogens is 314 g/mol. The summed E-state index contributed by atoms with van der Waals surface area (Å²) in [7, 11) is 0. The van der Waals surface area contributed by atoms with Crippen LogP contribution in [0.2, 0.25) is 0 Å². The highest BCUT2D eigenvalue weighted by Crippen LogP contribution is 2.40. The number of rotatable bonds is 3. The first-order valence-corrected chi connectivity index (χ1v) is 7.79. The second-order valence-electron chi connectivity index (χ2n) is 4.98. The summed E-state index contributed by atoms with van der Waals surface area (Å²) in [5.41, 5.74) is 5.34. The summed E-state index contributed by atoms with van der Waals surface area (Å²) in [5, 5.41) is 19.9. The Hall–Kier alpha value is -2.87. The molecule has 114 valence electrons. The van der Waals surface area contributed by atoms with Gasteiger partial charge in [-0.15, -0.1) is 10.2 Å². The van der Waals surface area contributed by atoms with Gasteiger partial charge in [0.2, 0.25) is 5.16 Å². The number of aromatic nitrogens is 3. The van der Waals surface area contributed by atoms with Gasteiger partial charge in [-0.25, -0.2) is 4.68 Å². The summed E-state index contributed by atoms with van der Waals surface area (Å²) in [6.45, 7) is 0. The fraction of sp³-hybridized carbons (Fsp3) is 0.0667. The lowest BCUT2D eigenvalue weighted by molar-refractivity contribution is -0.384. The third-order valence-electron chi connectivity index (χ3n) is 3.54. The zero-order valence-corrected chi connectivity index (χ0v) is 12.6. The van der Waals surface area contributed by atoms with E-state index in [2.05, 4.69) is 15.6 Å². The summed E-state index contributed by atoms with van der Waals surface area (Å²) in [5.74, 6) is 0.748. The molecule has 0 aliphatic carbocycles. The van der Waals surface area contributed by atoms with Crippen molar-refractivity contribution in [1.29, 1.82) is 0 Å². The first-order chi connectivity index (χ1) is 11.2. The molecule has 7 nitrogen and oxygen atoms in total. The molecule has 0 saturated heterocycles. The van der Waals surface area contributed by atoms with Crippen molar-refractivity contribution in [2.24, 2.45) is 0 Å². The Morgan fingerprint density at radius 2 is 1.83 bits per heavy atom. The Morgan fingerprint density at radius 3 is 2.52 bits per heavy atom. The molecule has 1 aliphatic heterocycles. The van der Waals surface area contributed by atoms with Crippen LogP contribution in [0.25, 0.3) is 11.4 Å². The largest absolute Gasteiger partial charge is 0.304 e. The first-order valence-electron chi connectivity index (χ1n) is 6.91. The monoisotopic (exact) mass is 325 g/mol. The van der Waals surface area contributed by atoms with Crippen molar-refractivity contribution in [3.05, 3.63) is 70.3 Å². The van der Waals surface area contributed by atoms with Crippen LogP contribution in [0.3, 0.4) is 0 Å². The Balaban J connectivity index is 1.61. The molecule has 1 atom stereocenters. The molecule has 0 unspecified atom stereocenters. The smallest absolute Gasteiger partial charge is 0.269 e. The third kappa shape index (κ3) is 2.42. The van der Waals surface area contributed by atoms with Crippen LogP contribution in [-0.2, 0) is 0 Å². The van der Waals surface area contributed by atoms with Gasteiger partial charge in [0.1, 0.15) is 5.37 Å².